The number of nitrogens with zero attached hydrogens (tertiary/aromatic N) is 2. The third-order valence-corrected chi connectivity index (χ3v) is 5.00. The summed E-state index contributed by atoms with van der Waals surface area (Å²) >= 11 is 1.71. The van der Waals surface area contributed by atoms with E-state index in [4.69, 9.17) is 9.47 Å². The number of hydrogen-bond donors (Lipinski definition) is 1. The lowest BCUT2D eigenvalue weighted by Gasteiger charge is -2.34. The van der Waals surface area contributed by atoms with Crippen LogP contribution in [0.1, 0.15) is 21.3 Å². The van der Waals surface area contributed by atoms with Crippen LogP contribution in [0.4, 0.5) is 0 Å². The molecule has 6 nitrogen and oxygen atoms in total. The van der Waals surface area contributed by atoms with Gasteiger partial charge in [0.25, 0.3) is 5.91 Å². The number of amides is 1. The standard InChI is InChI=1S/C17H21N3O3S/c1-22-16-5-4-13(11-18-16)17(21)19-12-14(15-3-2-10-24-15)20-6-8-23-9-7-20/h2-5,10-11,14H,6-9,12H2,1H3,(H,19,21)/t14-/m0/s1. The first kappa shape index (κ1) is 16.9. The van der Waals surface area contributed by atoms with Crippen molar-refractivity contribution in [1.82, 2.24) is 15.2 Å². The zero-order valence-corrected chi connectivity index (χ0v) is 14.4. The zero-order chi connectivity index (χ0) is 16.8. The minimum atomic E-state index is -0.125. The summed E-state index contributed by atoms with van der Waals surface area (Å²) < 4.78 is 10.5. The van der Waals surface area contributed by atoms with Crippen molar-refractivity contribution in [3.05, 3.63) is 46.3 Å². The van der Waals surface area contributed by atoms with Gasteiger partial charge in [-0.15, -0.1) is 11.3 Å². The van der Waals surface area contributed by atoms with Crippen molar-refractivity contribution in [2.45, 2.75) is 6.04 Å². The number of aromatic nitrogens is 1. The van der Waals surface area contributed by atoms with Gasteiger partial charge in [-0.2, -0.15) is 0 Å². The molecule has 3 rings (SSSR count). The van der Waals surface area contributed by atoms with Crippen molar-refractivity contribution < 1.29 is 14.3 Å². The van der Waals surface area contributed by atoms with E-state index in [0.717, 1.165) is 26.3 Å². The predicted octanol–water partition coefficient (Wildman–Crippen LogP) is 1.95. The maximum atomic E-state index is 12.4. The molecule has 2 aromatic heterocycles. The smallest absolute Gasteiger partial charge is 0.252 e. The molecule has 2 aromatic rings. The first-order valence-electron chi connectivity index (χ1n) is 7.91. The Kier molecular flexibility index (Phi) is 5.79. The minimum Gasteiger partial charge on any atom is -0.481 e. The molecule has 128 valence electrons. The van der Waals surface area contributed by atoms with Crippen LogP contribution in [0.15, 0.2) is 35.8 Å². The highest BCUT2D eigenvalue weighted by Gasteiger charge is 2.24. The van der Waals surface area contributed by atoms with Crippen molar-refractivity contribution >= 4 is 17.2 Å². The van der Waals surface area contributed by atoms with Gasteiger partial charge >= 0.3 is 0 Å². The maximum Gasteiger partial charge on any atom is 0.252 e. The third-order valence-electron chi connectivity index (χ3n) is 4.02. The van der Waals surface area contributed by atoms with Gasteiger partial charge in [0.05, 0.1) is 31.9 Å². The van der Waals surface area contributed by atoms with Gasteiger partial charge in [0.15, 0.2) is 0 Å². The number of carbonyl (C=O) groups is 1. The molecule has 0 bridgehead atoms. The number of morpholine rings is 1. The van der Waals surface area contributed by atoms with Crippen LogP contribution in [0.5, 0.6) is 5.88 Å². The van der Waals surface area contributed by atoms with Crippen LogP contribution in [0, 0.1) is 0 Å². The molecular formula is C17H21N3O3S. The average molecular weight is 347 g/mol. The molecule has 1 amide bonds. The maximum absolute atomic E-state index is 12.4. The molecule has 24 heavy (non-hydrogen) atoms. The van der Waals surface area contributed by atoms with Crippen LogP contribution in [0.3, 0.4) is 0 Å². The molecule has 1 aliphatic rings. The number of hydrogen-bond acceptors (Lipinski definition) is 6. The fourth-order valence-corrected chi connectivity index (χ4v) is 3.57. The van der Waals surface area contributed by atoms with Gasteiger partial charge in [-0.1, -0.05) is 6.07 Å². The molecule has 0 aliphatic carbocycles. The number of methoxy groups -OCH3 is 1. The highest BCUT2D eigenvalue weighted by Crippen LogP contribution is 2.25. The summed E-state index contributed by atoms with van der Waals surface area (Å²) in [6, 6.07) is 7.74. The monoisotopic (exact) mass is 347 g/mol. The summed E-state index contributed by atoms with van der Waals surface area (Å²) in [6.07, 6.45) is 1.53. The lowest BCUT2D eigenvalue weighted by Crippen LogP contribution is -2.43. The Morgan fingerprint density at radius 2 is 2.25 bits per heavy atom. The van der Waals surface area contributed by atoms with E-state index in [2.05, 4.69) is 26.6 Å². The van der Waals surface area contributed by atoms with Crippen LogP contribution in [0.25, 0.3) is 0 Å². The van der Waals surface area contributed by atoms with Gasteiger partial charge in [-0.05, 0) is 17.5 Å². The van der Waals surface area contributed by atoms with Gasteiger partial charge in [-0.3, -0.25) is 9.69 Å². The molecular weight excluding hydrogens is 326 g/mol. The Morgan fingerprint density at radius 3 is 2.88 bits per heavy atom. The van der Waals surface area contributed by atoms with Crippen molar-refractivity contribution in [1.29, 1.82) is 0 Å². The van der Waals surface area contributed by atoms with E-state index in [1.807, 2.05) is 6.07 Å². The number of carbonyl (C=O) groups excluding carboxylic acids is 1. The zero-order valence-electron chi connectivity index (χ0n) is 13.6. The summed E-state index contributed by atoms with van der Waals surface area (Å²) in [4.78, 5) is 20.1. The summed E-state index contributed by atoms with van der Waals surface area (Å²) in [5.41, 5.74) is 0.530. The largest absolute Gasteiger partial charge is 0.481 e. The van der Waals surface area contributed by atoms with Gasteiger partial charge in [-0.25, -0.2) is 4.98 Å². The SMILES string of the molecule is COc1ccc(C(=O)NC[C@@H](c2cccs2)N2CCOCC2)cn1. The molecule has 0 unspecified atom stereocenters. The van der Waals surface area contributed by atoms with E-state index < -0.39 is 0 Å². The van der Waals surface area contributed by atoms with Crippen molar-refractivity contribution in [3.8, 4) is 5.88 Å². The van der Waals surface area contributed by atoms with Gasteiger partial charge in [0.2, 0.25) is 5.88 Å². The van der Waals surface area contributed by atoms with E-state index >= 15 is 0 Å². The second-order valence-corrected chi connectivity index (χ2v) is 6.46. The number of ether oxygens (including phenoxy) is 2. The van der Waals surface area contributed by atoms with Crippen LogP contribution in [0.2, 0.25) is 0 Å². The molecule has 1 saturated heterocycles. The second kappa shape index (κ2) is 8.23. The Labute approximate surface area is 145 Å². The van der Waals surface area contributed by atoms with Crippen molar-refractivity contribution in [2.75, 3.05) is 40.0 Å². The van der Waals surface area contributed by atoms with Gasteiger partial charge in [0, 0.05) is 36.8 Å². The Hall–Kier alpha value is -1.96. The second-order valence-electron chi connectivity index (χ2n) is 5.48. The van der Waals surface area contributed by atoms with Crippen molar-refractivity contribution in [2.24, 2.45) is 0 Å². The quantitative estimate of drug-likeness (QED) is 0.865. The minimum absolute atomic E-state index is 0.125. The highest BCUT2D eigenvalue weighted by atomic mass is 32.1. The summed E-state index contributed by atoms with van der Waals surface area (Å²) in [5.74, 6) is 0.372. The summed E-state index contributed by atoms with van der Waals surface area (Å²) in [5, 5.41) is 5.09. The Bertz CT molecular complexity index is 640. The fourth-order valence-electron chi connectivity index (χ4n) is 2.71. The molecule has 1 aliphatic heterocycles. The summed E-state index contributed by atoms with van der Waals surface area (Å²) in [7, 11) is 1.55. The normalized spacial score (nSPS) is 16.5. The number of rotatable bonds is 6. The molecule has 7 heteroatoms. The molecule has 3 heterocycles. The summed E-state index contributed by atoms with van der Waals surface area (Å²) in [6.45, 7) is 3.78. The highest BCUT2D eigenvalue weighted by molar-refractivity contribution is 7.10. The van der Waals surface area contributed by atoms with Gasteiger partial charge in [0.1, 0.15) is 0 Å². The topological polar surface area (TPSA) is 63.7 Å². The van der Waals surface area contributed by atoms with Crippen molar-refractivity contribution in [3.63, 3.8) is 0 Å². The van der Waals surface area contributed by atoms with E-state index in [1.54, 1.807) is 30.6 Å². The number of pyridine rings is 1. The first-order valence-corrected chi connectivity index (χ1v) is 8.79. The molecule has 0 aromatic carbocycles. The third kappa shape index (κ3) is 4.11. The molecule has 1 atom stereocenters. The predicted molar refractivity (Wildman–Crippen MR) is 92.6 cm³/mol. The molecule has 0 radical (unpaired) electrons. The van der Waals surface area contributed by atoms with E-state index in [1.165, 1.54) is 11.1 Å². The molecule has 0 saturated carbocycles. The Balaban J connectivity index is 1.65. The first-order chi connectivity index (χ1) is 11.8. The van der Waals surface area contributed by atoms with E-state index in [-0.39, 0.29) is 11.9 Å². The molecule has 0 spiro atoms. The van der Waals surface area contributed by atoms with Crippen LogP contribution in [-0.2, 0) is 4.74 Å². The number of thiophene rings is 1. The molecule has 1 fully saturated rings. The van der Waals surface area contributed by atoms with Crippen LogP contribution in [-0.4, -0.2) is 55.7 Å². The number of nitrogens with one attached hydrogen (secondary N) is 1. The van der Waals surface area contributed by atoms with Crippen LogP contribution >= 0.6 is 11.3 Å². The van der Waals surface area contributed by atoms with E-state index in [9.17, 15) is 4.79 Å². The van der Waals surface area contributed by atoms with E-state index in [0.29, 0.717) is 18.0 Å². The van der Waals surface area contributed by atoms with Crippen LogP contribution < -0.4 is 10.1 Å². The average Bonchev–Trinajstić information content (AvgIpc) is 3.17. The molecule has 1 N–H and O–H groups in total. The fraction of sp³-hybridized carbons (Fsp3) is 0.412. The van der Waals surface area contributed by atoms with Gasteiger partial charge < -0.3 is 14.8 Å². The lowest BCUT2D eigenvalue weighted by molar-refractivity contribution is 0.0169. The Morgan fingerprint density at radius 1 is 1.42 bits per heavy atom. The lowest BCUT2D eigenvalue weighted by atomic mass is 10.1.